The Morgan fingerprint density at radius 1 is 1.02 bits per heavy atom. The second-order valence-electron chi connectivity index (χ2n) is 12.7. The van der Waals surface area contributed by atoms with Crippen LogP contribution in [0.25, 0.3) is 0 Å². The van der Waals surface area contributed by atoms with Gasteiger partial charge in [0.05, 0.1) is 30.3 Å². The van der Waals surface area contributed by atoms with Crippen molar-refractivity contribution in [1.82, 2.24) is 10.6 Å². The highest BCUT2D eigenvalue weighted by atomic mass is 16.3. The lowest BCUT2D eigenvalue weighted by molar-refractivity contribution is -0.136. The van der Waals surface area contributed by atoms with Crippen molar-refractivity contribution in [3.8, 4) is 0 Å². The molecule has 240 valence electrons. The summed E-state index contributed by atoms with van der Waals surface area (Å²) in [4.78, 5) is 23.7. The van der Waals surface area contributed by atoms with Gasteiger partial charge in [0, 0.05) is 35.8 Å². The van der Waals surface area contributed by atoms with Gasteiger partial charge in [-0.05, 0) is 31.6 Å². The highest BCUT2D eigenvalue weighted by molar-refractivity contribution is 5.80. The molecule has 1 heterocycles. The fourth-order valence-corrected chi connectivity index (χ4v) is 6.06. The quantitative estimate of drug-likeness (QED) is 0.107. The molecule has 0 aromatic rings. The molecule has 0 bridgehead atoms. The number of primary amides is 1. The third kappa shape index (κ3) is 11.3. The standard InChI is InChI=1S/C33H57N3O6/c1-10-11-12-19(3)28(36-33(34)42)24(8)30(39)22(6)16-18(2)15-21(5)29(38)20(4)13-14-26(37)17-27-23(7)31(40)25(9)32(41)35-27/h10-15,19-31,37-40H,1,16-17H2,2-9H3,(H,35,41)(H3,34,36,42)/b12-11-,14-13-,18-15-/t19-,20-,21-,22-,23-,24+,25+,26+,27?,28-,29-,30+,31-/m0/s1. The van der Waals surface area contributed by atoms with Crippen LogP contribution in [0, 0.1) is 41.4 Å². The van der Waals surface area contributed by atoms with Crippen LogP contribution in [0.2, 0.25) is 0 Å². The first-order valence-corrected chi connectivity index (χ1v) is 15.2. The molecule has 3 amide bonds. The van der Waals surface area contributed by atoms with E-state index in [4.69, 9.17) is 5.73 Å². The van der Waals surface area contributed by atoms with Crippen LogP contribution < -0.4 is 16.4 Å². The van der Waals surface area contributed by atoms with E-state index >= 15 is 0 Å². The molecule has 0 aromatic carbocycles. The van der Waals surface area contributed by atoms with Crippen LogP contribution in [-0.4, -0.2) is 68.9 Å². The number of urea groups is 1. The van der Waals surface area contributed by atoms with Gasteiger partial charge in [-0.1, -0.05) is 97.1 Å². The number of allylic oxidation sites excluding steroid dienone is 3. The third-order valence-electron chi connectivity index (χ3n) is 8.94. The molecule has 1 unspecified atom stereocenters. The molecule has 0 spiro atoms. The summed E-state index contributed by atoms with van der Waals surface area (Å²) < 4.78 is 0. The van der Waals surface area contributed by atoms with Crippen LogP contribution in [0.5, 0.6) is 0 Å². The van der Waals surface area contributed by atoms with Gasteiger partial charge in [-0.15, -0.1) is 0 Å². The molecule has 1 aliphatic rings. The van der Waals surface area contributed by atoms with Gasteiger partial charge in [0.1, 0.15) is 0 Å². The number of aliphatic hydroxyl groups excluding tert-OH is 4. The molecule has 9 nitrogen and oxygen atoms in total. The van der Waals surface area contributed by atoms with E-state index in [1.54, 1.807) is 25.2 Å². The summed E-state index contributed by atoms with van der Waals surface area (Å²) >= 11 is 0. The summed E-state index contributed by atoms with van der Waals surface area (Å²) in [6.07, 6.45) is 8.75. The molecule has 13 atom stereocenters. The molecule has 42 heavy (non-hydrogen) atoms. The van der Waals surface area contributed by atoms with Gasteiger partial charge in [-0.25, -0.2) is 4.79 Å². The predicted octanol–water partition coefficient (Wildman–Crippen LogP) is 3.44. The van der Waals surface area contributed by atoms with Gasteiger partial charge in [-0.2, -0.15) is 0 Å². The zero-order chi connectivity index (χ0) is 32.3. The minimum atomic E-state index is -0.826. The van der Waals surface area contributed by atoms with Crippen molar-refractivity contribution in [3.63, 3.8) is 0 Å². The molecule has 0 radical (unpaired) electrons. The van der Waals surface area contributed by atoms with Gasteiger partial charge in [0.2, 0.25) is 5.91 Å². The second kappa shape index (κ2) is 17.6. The molecule has 0 saturated carbocycles. The smallest absolute Gasteiger partial charge is 0.312 e. The van der Waals surface area contributed by atoms with Gasteiger partial charge >= 0.3 is 6.03 Å². The fraction of sp³-hybridized carbons (Fsp3) is 0.697. The Kier molecular flexibility index (Phi) is 15.7. The van der Waals surface area contributed by atoms with Gasteiger partial charge in [-0.3, -0.25) is 4.79 Å². The Labute approximate surface area is 253 Å². The number of carbonyl (C=O) groups is 2. The van der Waals surface area contributed by atoms with E-state index < -0.39 is 36.4 Å². The molecule has 0 aromatic heterocycles. The number of hydrogen-bond acceptors (Lipinski definition) is 6. The summed E-state index contributed by atoms with van der Waals surface area (Å²) in [6.45, 7) is 18.8. The summed E-state index contributed by atoms with van der Waals surface area (Å²) in [5.74, 6) is -1.71. The highest BCUT2D eigenvalue weighted by Gasteiger charge is 2.38. The van der Waals surface area contributed by atoms with E-state index in [1.807, 2.05) is 66.7 Å². The maximum atomic E-state index is 12.1. The summed E-state index contributed by atoms with van der Waals surface area (Å²) in [7, 11) is 0. The lowest BCUT2D eigenvalue weighted by Gasteiger charge is -2.38. The first-order chi connectivity index (χ1) is 19.5. The number of carbonyl (C=O) groups excluding carboxylic acids is 2. The first-order valence-electron chi connectivity index (χ1n) is 15.2. The molecule has 9 heteroatoms. The van der Waals surface area contributed by atoms with Crippen molar-refractivity contribution in [2.75, 3.05) is 0 Å². The number of piperidine rings is 1. The van der Waals surface area contributed by atoms with Gasteiger partial charge in [0.15, 0.2) is 0 Å². The van der Waals surface area contributed by atoms with E-state index in [0.29, 0.717) is 6.42 Å². The van der Waals surface area contributed by atoms with Crippen molar-refractivity contribution in [3.05, 3.63) is 48.6 Å². The van der Waals surface area contributed by atoms with E-state index in [9.17, 15) is 30.0 Å². The normalized spacial score (nSPS) is 28.3. The van der Waals surface area contributed by atoms with Gasteiger partial charge < -0.3 is 36.8 Å². The maximum absolute atomic E-state index is 12.1. The average Bonchev–Trinajstić information content (AvgIpc) is 2.93. The lowest BCUT2D eigenvalue weighted by Crippen LogP contribution is -2.56. The van der Waals surface area contributed by atoms with E-state index in [-0.39, 0.29) is 59.9 Å². The number of nitrogens with two attached hydrogens (primary N) is 1. The van der Waals surface area contributed by atoms with E-state index in [2.05, 4.69) is 17.2 Å². The Hall–Kier alpha value is -2.46. The Balaban J connectivity index is 2.76. The molecule has 1 aliphatic heterocycles. The van der Waals surface area contributed by atoms with E-state index in [1.165, 1.54) is 0 Å². The van der Waals surface area contributed by atoms with Gasteiger partial charge in [0.25, 0.3) is 0 Å². The zero-order valence-corrected chi connectivity index (χ0v) is 26.8. The van der Waals surface area contributed by atoms with Crippen molar-refractivity contribution in [2.45, 2.75) is 105 Å². The molecule has 1 fully saturated rings. The lowest BCUT2D eigenvalue weighted by atomic mass is 9.80. The molecule has 8 N–H and O–H groups in total. The largest absolute Gasteiger partial charge is 0.392 e. The monoisotopic (exact) mass is 591 g/mol. The van der Waals surface area contributed by atoms with Crippen LogP contribution in [0.3, 0.4) is 0 Å². The average molecular weight is 592 g/mol. The summed E-state index contributed by atoms with van der Waals surface area (Å²) in [5, 5.41) is 48.6. The maximum Gasteiger partial charge on any atom is 0.312 e. The van der Waals surface area contributed by atoms with Crippen LogP contribution in [-0.2, 0) is 4.79 Å². The molecule has 0 aliphatic carbocycles. The van der Waals surface area contributed by atoms with Crippen LogP contribution in [0.4, 0.5) is 4.79 Å². The van der Waals surface area contributed by atoms with E-state index in [0.717, 1.165) is 5.57 Å². The number of hydrogen-bond donors (Lipinski definition) is 7. The fourth-order valence-electron chi connectivity index (χ4n) is 6.06. The number of nitrogens with one attached hydrogen (secondary N) is 2. The summed E-state index contributed by atoms with van der Waals surface area (Å²) in [5.41, 5.74) is 6.44. The predicted molar refractivity (Wildman–Crippen MR) is 168 cm³/mol. The van der Waals surface area contributed by atoms with Crippen molar-refractivity contribution in [1.29, 1.82) is 0 Å². The van der Waals surface area contributed by atoms with Crippen molar-refractivity contribution >= 4 is 11.9 Å². The minimum absolute atomic E-state index is 0.0627. The molecule has 1 rings (SSSR count). The van der Waals surface area contributed by atoms with Crippen LogP contribution in [0.1, 0.15) is 68.2 Å². The van der Waals surface area contributed by atoms with Crippen LogP contribution >= 0.6 is 0 Å². The Morgan fingerprint density at radius 2 is 1.64 bits per heavy atom. The number of aliphatic hydroxyl groups is 4. The third-order valence-corrected chi connectivity index (χ3v) is 8.94. The Morgan fingerprint density at radius 3 is 2.21 bits per heavy atom. The number of amides is 3. The van der Waals surface area contributed by atoms with Crippen molar-refractivity contribution < 1.29 is 30.0 Å². The molecular formula is C33H57N3O6. The second-order valence-corrected chi connectivity index (χ2v) is 12.7. The molecular weight excluding hydrogens is 534 g/mol. The SMILES string of the molecule is C=C/C=C\[C@H](C)[C@H](NC(N)=O)[C@@H](C)[C@H](O)[C@@H](C)C/C(C)=C\[C@H](C)[C@@H](O)[C@@H](C)/C=C\[C@@H](O)CC1NC(=O)[C@H](C)[C@@H](O)[C@H]1C. The van der Waals surface area contributed by atoms with Crippen molar-refractivity contribution in [2.24, 2.45) is 47.2 Å². The molecule has 1 saturated heterocycles. The summed E-state index contributed by atoms with van der Waals surface area (Å²) in [6, 6.07) is -1.32. The first kappa shape index (κ1) is 37.6. The Bertz CT molecular complexity index is 965. The number of rotatable bonds is 16. The topological polar surface area (TPSA) is 165 Å². The minimum Gasteiger partial charge on any atom is -0.392 e. The van der Waals surface area contributed by atoms with Crippen LogP contribution in [0.15, 0.2) is 48.6 Å². The highest BCUT2D eigenvalue weighted by Crippen LogP contribution is 2.28. The zero-order valence-electron chi connectivity index (χ0n) is 26.8.